The molecule has 2 aromatic rings. The summed E-state index contributed by atoms with van der Waals surface area (Å²) >= 11 is 0. The molecule has 6 heteroatoms. The van der Waals surface area contributed by atoms with Crippen molar-refractivity contribution in [3.8, 4) is 5.75 Å². The van der Waals surface area contributed by atoms with Crippen LogP contribution in [0.3, 0.4) is 0 Å². The van der Waals surface area contributed by atoms with Crippen LogP contribution in [0.15, 0.2) is 49.1 Å². The van der Waals surface area contributed by atoms with Crippen molar-refractivity contribution in [2.24, 2.45) is 0 Å². The molecule has 0 unspecified atom stereocenters. The summed E-state index contributed by atoms with van der Waals surface area (Å²) in [6, 6.07) is 9.64. The van der Waals surface area contributed by atoms with Crippen molar-refractivity contribution in [3.63, 3.8) is 0 Å². The van der Waals surface area contributed by atoms with E-state index in [1.54, 1.807) is 23.3 Å². The van der Waals surface area contributed by atoms with E-state index in [2.05, 4.69) is 4.98 Å². The van der Waals surface area contributed by atoms with Crippen LogP contribution in [0.4, 0.5) is 0 Å². The van der Waals surface area contributed by atoms with Crippen LogP contribution < -0.4 is 4.74 Å². The molecular weight excluding hydrogens is 306 g/mol. The standard InChI is InChI=1S/C18H23N3O3/c1-18(2)13-21(17(22)11-20-9-8-19-14-20)10-16(24-18)12-23-15-6-4-3-5-7-15/h3-9,14,16H,10-13H2,1-2H3/t16-/m0/s1. The molecule has 1 atom stereocenters. The number of rotatable bonds is 5. The highest BCUT2D eigenvalue weighted by Crippen LogP contribution is 2.22. The number of nitrogens with zero attached hydrogens (tertiary/aromatic N) is 3. The molecule has 0 aliphatic carbocycles. The van der Waals surface area contributed by atoms with E-state index in [-0.39, 0.29) is 12.0 Å². The largest absolute Gasteiger partial charge is 0.491 e. The van der Waals surface area contributed by atoms with E-state index in [1.807, 2.05) is 49.1 Å². The molecule has 0 bridgehead atoms. The topological polar surface area (TPSA) is 56.6 Å². The number of amides is 1. The molecule has 0 spiro atoms. The molecule has 24 heavy (non-hydrogen) atoms. The molecule has 1 saturated heterocycles. The third kappa shape index (κ3) is 4.35. The van der Waals surface area contributed by atoms with Gasteiger partial charge in [0.2, 0.25) is 5.91 Å². The first-order valence-corrected chi connectivity index (χ1v) is 8.11. The number of hydrogen-bond donors (Lipinski definition) is 0. The summed E-state index contributed by atoms with van der Waals surface area (Å²) in [5, 5.41) is 0. The Morgan fingerprint density at radius 1 is 1.38 bits per heavy atom. The van der Waals surface area contributed by atoms with Crippen molar-refractivity contribution < 1.29 is 14.3 Å². The van der Waals surface area contributed by atoms with Gasteiger partial charge in [0.25, 0.3) is 0 Å². The van der Waals surface area contributed by atoms with Crippen molar-refractivity contribution in [3.05, 3.63) is 49.1 Å². The van der Waals surface area contributed by atoms with Crippen molar-refractivity contribution >= 4 is 5.91 Å². The SMILES string of the molecule is CC1(C)CN(C(=O)Cn2ccnc2)C[C@@H](COc2ccccc2)O1. The lowest BCUT2D eigenvalue weighted by atomic mass is 10.1. The smallest absolute Gasteiger partial charge is 0.242 e. The number of para-hydroxylation sites is 1. The first kappa shape index (κ1) is 16.5. The van der Waals surface area contributed by atoms with Gasteiger partial charge < -0.3 is 18.9 Å². The number of ether oxygens (including phenoxy) is 2. The fraction of sp³-hybridized carbons (Fsp3) is 0.444. The second-order valence-electron chi connectivity index (χ2n) is 6.63. The lowest BCUT2D eigenvalue weighted by Crippen LogP contribution is -2.56. The van der Waals surface area contributed by atoms with Gasteiger partial charge in [-0.2, -0.15) is 0 Å². The Kier molecular flexibility index (Phi) is 4.85. The Hall–Kier alpha value is -2.34. The van der Waals surface area contributed by atoms with Crippen LogP contribution in [0.25, 0.3) is 0 Å². The van der Waals surface area contributed by atoms with Crippen molar-refractivity contribution in [2.75, 3.05) is 19.7 Å². The zero-order valence-corrected chi connectivity index (χ0v) is 14.1. The lowest BCUT2D eigenvalue weighted by Gasteiger charge is -2.42. The molecular formula is C18H23N3O3. The van der Waals surface area contributed by atoms with E-state index in [1.165, 1.54) is 0 Å². The Morgan fingerprint density at radius 3 is 2.88 bits per heavy atom. The van der Waals surface area contributed by atoms with Gasteiger partial charge in [-0.15, -0.1) is 0 Å². The number of carbonyl (C=O) groups excluding carboxylic acids is 1. The van der Waals surface area contributed by atoms with Crippen LogP contribution in [-0.4, -0.2) is 51.8 Å². The van der Waals surface area contributed by atoms with Crippen LogP contribution in [-0.2, 0) is 16.1 Å². The molecule has 128 valence electrons. The molecule has 3 rings (SSSR count). The maximum absolute atomic E-state index is 12.6. The lowest BCUT2D eigenvalue weighted by molar-refractivity contribution is -0.166. The molecule has 0 N–H and O–H groups in total. The first-order chi connectivity index (χ1) is 11.5. The van der Waals surface area contributed by atoms with Gasteiger partial charge in [-0.1, -0.05) is 18.2 Å². The minimum absolute atomic E-state index is 0.0640. The molecule has 0 radical (unpaired) electrons. The van der Waals surface area contributed by atoms with Crippen molar-refractivity contribution in [1.29, 1.82) is 0 Å². The van der Waals surface area contributed by atoms with Gasteiger partial charge in [-0.05, 0) is 26.0 Å². The molecule has 1 aliphatic heterocycles. The number of aromatic nitrogens is 2. The van der Waals surface area contributed by atoms with Crippen molar-refractivity contribution in [2.45, 2.75) is 32.1 Å². The monoisotopic (exact) mass is 329 g/mol. The maximum Gasteiger partial charge on any atom is 0.242 e. The Morgan fingerprint density at radius 2 is 2.17 bits per heavy atom. The quantitative estimate of drug-likeness (QED) is 0.841. The number of benzene rings is 1. The van der Waals surface area contributed by atoms with Crippen LogP contribution in [0.2, 0.25) is 0 Å². The van der Waals surface area contributed by atoms with Gasteiger partial charge in [0.15, 0.2) is 0 Å². The summed E-state index contributed by atoms with van der Waals surface area (Å²) in [4.78, 5) is 18.4. The highest BCUT2D eigenvalue weighted by atomic mass is 16.5. The van der Waals surface area contributed by atoms with Crippen LogP contribution >= 0.6 is 0 Å². The van der Waals surface area contributed by atoms with Gasteiger partial charge in [0, 0.05) is 18.9 Å². The summed E-state index contributed by atoms with van der Waals surface area (Å²) in [6.07, 6.45) is 4.96. The molecule has 1 aromatic heterocycles. The van der Waals surface area contributed by atoms with E-state index in [0.29, 0.717) is 26.2 Å². The molecule has 1 amide bonds. The minimum Gasteiger partial charge on any atom is -0.491 e. The summed E-state index contributed by atoms with van der Waals surface area (Å²) in [5.41, 5.74) is -0.395. The van der Waals surface area contributed by atoms with E-state index in [0.717, 1.165) is 5.75 Å². The second-order valence-corrected chi connectivity index (χ2v) is 6.63. The van der Waals surface area contributed by atoms with Gasteiger partial charge in [-0.25, -0.2) is 4.98 Å². The average Bonchev–Trinajstić information content (AvgIpc) is 3.05. The van der Waals surface area contributed by atoms with E-state index in [9.17, 15) is 4.79 Å². The molecule has 1 aliphatic rings. The Bertz CT molecular complexity index is 655. The highest BCUT2D eigenvalue weighted by Gasteiger charge is 2.35. The fourth-order valence-electron chi connectivity index (χ4n) is 2.91. The second kappa shape index (κ2) is 7.05. The van der Waals surface area contributed by atoms with Crippen molar-refractivity contribution in [1.82, 2.24) is 14.5 Å². The number of carbonyl (C=O) groups is 1. The zero-order chi connectivity index (χ0) is 17.0. The zero-order valence-electron chi connectivity index (χ0n) is 14.1. The summed E-state index contributed by atoms with van der Waals surface area (Å²) in [6.45, 7) is 5.81. The third-order valence-corrected chi connectivity index (χ3v) is 3.89. The van der Waals surface area contributed by atoms with Gasteiger partial charge in [0.05, 0.1) is 18.5 Å². The third-order valence-electron chi connectivity index (χ3n) is 3.89. The number of hydrogen-bond acceptors (Lipinski definition) is 4. The van der Waals surface area contributed by atoms with E-state index in [4.69, 9.17) is 9.47 Å². The summed E-state index contributed by atoms with van der Waals surface area (Å²) in [7, 11) is 0. The van der Waals surface area contributed by atoms with Gasteiger partial charge >= 0.3 is 0 Å². The summed E-state index contributed by atoms with van der Waals surface area (Å²) in [5.74, 6) is 0.870. The summed E-state index contributed by atoms with van der Waals surface area (Å²) < 4.78 is 13.6. The van der Waals surface area contributed by atoms with E-state index >= 15 is 0 Å². The van der Waals surface area contributed by atoms with Crippen LogP contribution in [0.5, 0.6) is 5.75 Å². The Labute approximate surface area is 142 Å². The normalized spacial score (nSPS) is 19.9. The predicted octanol–water partition coefficient (Wildman–Crippen LogP) is 1.97. The van der Waals surface area contributed by atoms with Gasteiger partial charge in [-0.3, -0.25) is 4.79 Å². The number of morpholine rings is 1. The minimum atomic E-state index is -0.395. The fourth-order valence-corrected chi connectivity index (χ4v) is 2.91. The average molecular weight is 329 g/mol. The molecule has 1 fully saturated rings. The Balaban J connectivity index is 1.60. The number of imidazole rings is 1. The van der Waals surface area contributed by atoms with Crippen LogP contribution in [0, 0.1) is 0 Å². The first-order valence-electron chi connectivity index (χ1n) is 8.11. The molecule has 0 saturated carbocycles. The van der Waals surface area contributed by atoms with Gasteiger partial charge in [0.1, 0.15) is 25.0 Å². The van der Waals surface area contributed by atoms with E-state index < -0.39 is 5.60 Å². The van der Waals surface area contributed by atoms with Crippen LogP contribution in [0.1, 0.15) is 13.8 Å². The maximum atomic E-state index is 12.6. The highest BCUT2D eigenvalue weighted by molar-refractivity contribution is 5.76. The molecule has 2 heterocycles. The predicted molar refractivity (Wildman–Crippen MR) is 89.7 cm³/mol. The molecule has 1 aromatic carbocycles. The molecule has 6 nitrogen and oxygen atoms in total.